The molecule has 0 aromatic heterocycles. The molecule has 0 radical (unpaired) electrons. The number of nitrogens with one attached hydrogen (secondary N) is 1. The standard InChI is InChI=1S/C13H17FN2O6S2/c1-13(12(17)18)5-6-16(8-13)24(21,22)11-4-3-9(7-10(11)14)15-23(2,19)20/h3-4,7,15H,5-6,8H2,1-2H3,(H,17,18). The summed E-state index contributed by atoms with van der Waals surface area (Å²) in [4.78, 5) is 10.6. The normalized spacial score (nSPS) is 22.5. The Morgan fingerprint density at radius 3 is 2.42 bits per heavy atom. The van der Waals surface area contributed by atoms with Gasteiger partial charge in [0.05, 0.1) is 17.4 Å². The first-order valence-corrected chi connectivity index (χ1v) is 10.2. The van der Waals surface area contributed by atoms with Crippen LogP contribution in [0.25, 0.3) is 0 Å². The monoisotopic (exact) mass is 380 g/mol. The van der Waals surface area contributed by atoms with Crippen molar-refractivity contribution in [2.24, 2.45) is 5.41 Å². The zero-order valence-electron chi connectivity index (χ0n) is 13.0. The number of halogens is 1. The van der Waals surface area contributed by atoms with E-state index in [1.165, 1.54) is 6.92 Å². The van der Waals surface area contributed by atoms with Crippen LogP contribution in [0.5, 0.6) is 0 Å². The first-order valence-electron chi connectivity index (χ1n) is 6.86. The number of nitrogens with zero attached hydrogens (tertiary/aromatic N) is 1. The van der Waals surface area contributed by atoms with Crippen LogP contribution in [0, 0.1) is 11.2 Å². The summed E-state index contributed by atoms with van der Waals surface area (Å²) in [7, 11) is -7.84. The lowest BCUT2D eigenvalue weighted by Crippen LogP contribution is -2.35. The molecule has 0 amide bonds. The number of hydrogen-bond donors (Lipinski definition) is 2. The fourth-order valence-electron chi connectivity index (χ4n) is 2.43. The third-order valence-electron chi connectivity index (χ3n) is 3.81. The summed E-state index contributed by atoms with van der Waals surface area (Å²) in [6, 6.07) is 2.85. The van der Waals surface area contributed by atoms with Crippen LogP contribution in [0.4, 0.5) is 10.1 Å². The zero-order chi connectivity index (χ0) is 18.3. The minimum Gasteiger partial charge on any atom is -0.481 e. The molecule has 1 heterocycles. The van der Waals surface area contributed by atoms with Gasteiger partial charge in [-0.25, -0.2) is 21.2 Å². The SMILES string of the molecule is CC1(C(=O)O)CCN(S(=O)(=O)c2ccc(NS(C)(=O)=O)cc2F)C1. The van der Waals surface area contributed by atoms with E-state index in [9.17, 15) is 26.0 Å². The van der Waals surface area contributed by atoms with Crippen LogP contribution in [0.1, 0.15) is 13.3 Å². The Hall–Kier alpha value is -1.72. The van der Waals surface area contributed by atoms with Crippen LogP contribution in [0.15, 0.2) is 23.1 Å². The summed E-state index contributed by atoms with van der Waals surface area (Å²) in [6.45, 7) is 1.14. The summed E-state index contributed by atoms with van der Waals surface area (Å²) >= 11 is 0. The molecule has 1 aromatic rings. The van der Waals surface area contributed by atoms with Crippen molar-refractivity contribution in [3.8, 4) is 0 Å². The van der Waals surface area contributed by atoms with Crippen molar-refractivity contribution < 1.29 is 31.1 Å². The van der Waals surface area contributed by atoms with E-state index in [1.807, 2.05) is 4.72 Å². The molecule has 2 rings (SSSR count). The van der Waals surface area contributed by atoms with Crippen molar-refractivity contribution in [2.45, 2.75) is 18.2 Å². The number of benzene rings is 1. The van der Waals surface area contributed by atoms with Crippen molar-refractivity contribution in [3.63, 3.8) is 0 Å². The number of rotatable bonds is 5. The average molecular weight is 380 g/mol. The third-order valence-corrected chi connectivity index (χ3v) is 6.29. The minimum atomic E-state index is -4.22. The van der Waals surface area contributed by atoms with Crippen molar-refractivity contribution in [1.29, 1.82) is 0 Å². The van der Waals surface area contributed by atoms with Crippen LogP contribution in [-0.2, 0) is 24.8 Å². The number of carboxylic acid groups (broad SMARTS) is 1. The van der Waals surface area contributed by atoms with Gasteiger partial charge in [-0.1, -0.05) is 0 Å². The molecule has 134 valence electrons. The fourth-order valence-corrected chi connectivity index (χ4v) is 4.59. The van der Waals surface area contributed by atoms with E-state index in [2.05, 4.69) is 0 Å². The Balaban J connectivity index is 2.32. The van der Waals surface area contributed by atoms with Crippen LogP contribution >= 0.6 is 0 Å². The third kappa shape index (κ3) is 3.68. The lowest BCUT2D eigenvalue weighted by atomic mass is 9.90. The second-order valence-electron chi connectivity index (χ2n) is 5.97. The van der Waals surface area contributed by atoms with E-state index in [1.54, 1.807) is 0 Å². The largest absolute Gasteiger partial charge is 0.481 e. The van der Waals surface area contributed by atoms with Crippen molar-refractivity contribution >= 4 is 31.7 Å². The Morgan fingerprint density at radius 1 is 1.33 bits per heavy atom. The number of hydrogen-bond acceptors (Lipinski definition) is 5. The van der Waals surface area contributed by atoms with E-state index >= 15 is 0 Å². The van der Waals surface area contributed by atoms with Gasteiger partial charge in [0.1, 0.15) is 10.7 Å². The van der Waals surface area contributed by atoms with Crippen LogP contribution < -0.4 is 4.72 Å². The van der Waals surface area contributed by atoms with E-state index in [-0.39, 0.29) is 25.2 Å². The summed E-state index contributed by atoms with van der Waals surface area (Å²) in [5.74, 6) is -2.24. The smallest absolute Gasteiger partial charge is 0.310 e. The molecule has 1 unspecified atom stereocenters. The Morgan fingerprint density at radius 2 is 1.96 bits per heavy atom. The molecule has 0 aliphatic carbocycles. The average Bonchev–Trinajstić information content (AvgIpc) is 2.81. The number of carboxylic acids is 1. The summed E-state index contributed by atoms with van der Waals surface area (Å²) in [5, 5.41) is 9.16. The van der Waals surface area contributed by atoms with E-state index < -0.39 is 42.1 Å². The molecule has 8 nitrogen and oxygen atoms in total. The summed E-state index contributed by atoms with van der Waals surface area (Å²) in [5.41, 5.74) is -1.33. The topological polar surface area (TPSA) is 121 Å². The molecule has 1 aliphatic rings. The summed E-state index contributed by atoms with van der Waals surface area (Å²) in [6.07, 6.45) is 1.00. The molecule has 2 N–H and O–H groups in total. The first-order chi connectivity index (χ1) is 10.8. The molecule has 1 atom stereocenters. The van der Waals surface area contributed by atoms with Crippen LogP contribution in [0.2, 0.25) is 0 Å². The zero-order valence-corrected chi connectivity index (χ0v) is 14.6. The fraction of sp³-hybridized carbons (Fsp3) is 0.462. The lowest BCUT2D eigenvalue weighted by molar-refractivity contribution is -0.146. The first kappa shape index (κ1) is 18.6. The van der Waals surface area contributed by atoms with Crippen molar-refractivity contribution in [3.05, 3.63) is 24.0 Å². The maximum Gasteiger partial charge on any atom is 0.310 e. The van der Waals surface area contributed by atoms with Gasteiger partial charge in [0, 0.05) is 13.1 Å². The van der Waals surface area contributed by atoms with Gasteiger partial charge in [0.15, 0.2) is 0 Å². The van der Waals surface area contributed by atoms with E-state index in [4.69, 9.17) is 5.11 Å². The molecule has 1 aliphatic heterocycles. The van der Waals surface area contributed by atoms with Gasteiger partial charge >= 0.3 is 5.97 Å². The molecule has 0 spiro atoms. The van der Waals surface area contributed by atoms with Gasteiger partial charge in [0.2, 0.25) is 20.0 Å². The molecule has 11 heteroatoms. The number of anilines is 1. The van der Waals surface area contributed by atoms with Crippen LogP contribution in [0.3, 0.4) is 0 Å². The van der Waals surface area contributed by atoms with Crippen molar-refractivity contribution in [1.82, 2.24) is 4.31 Å². The van der Waals surface area contributed by atoms with Crippen molar-refractivity contribution in [2.75, 3.05) is 24.1 Å². The van der Waals surface area contributed by atoms with Gasteiger partial charge < -0.3 is 5.11 Å². The molecule has 1 aromatic carbocycles. The summed E-state index contributed by atoms with van der Waals surface area (Å²) < 4.78 is 64.4. The van der Waals surface area contributed by atoms with Gasteiger partial charge in [-0.15, -0.1) is 0 Å². The lowest BCUT2D eigenvalue weighted by Gasteiger charge is -2.20. The molecule has 0 bridgehead atoms. The predicted octanol–water partition coefficient (Wildman–Crippen LogP) is 0.682. The molecule has 1 fully saturated rings. The molecule has 1 saturated heterocycles. The predicted molar refractivity (Wildman–Crippen MR) is 84.0 cm³/mol. The molecule has 0 saturated carbocycles. The van der Waals surface area contributed by atoms with E-state index in [0.717, 1.165) is 28.8 Å². The quantitative estimate of drug-likeness (QED) is 0.775. The maximum absolute atomic E-state index is 14.2. The molecular weight excluding hydrogens is 363 g/mol. The second-order valence-corrected chi connectivity index (χ2v) is 9.63. The number of sulfonamides is 2. The Bertz CT molecular complexity index is 884. The van der Waals surface area contributed by atoms with Gasteiger partial charge in [-0.05, 0) is 31.5 Å². The van der Waals surface area contributed by atoms with Crippen LogP contribution in [-0.4, -0.2) is 51.6 Å². The second kappa shape index (κ2) is 5.97. The van der Waals surface area contributed by atoms with Gasteiger partial charge in [-0.2, -0.15) is 4.31 Å². The van der Waals surface area contributed by atoms with E-state index in [0.29, 0.717) is 0 Å². The highest BCUT2D eigenvalue weighted by Crippen LogP contribution is 2.34. The highest BCUT2D eigenvalue weighted by atomic mass is 32.2. The number of carbonyl (C=O) groups is 1. The van der Waals surface area contributed by atoms with Gasteiger partial charge in [0.25, 0.3) is 0 Å². The Kier molecular flexibility index (Phi) is 4.63. The highest BCUT2D eigenvalue weighted by molar-refractivity contribution is 7.92. The molecule has 24 heavy (non-hydrogen) atoms. The Labute approximate surface area is 139 Å². The number of aliphatic carboxylic acids is 1. The highest BCUT2D eigenvalue weighted by Gasteiger charge is 2.45. The maximum atomic E-state index is 14.2. The molecular formula is C13H17FN2O6S2. The minimum absolute atomic E-state index is 0.0338. The van der Waals surface area contributed by atoms with Gasteiger partial charge in [-0.3, -0.25) is 9.52 Å².